The summed E-state index contributed by atoms with van der Waals surface area (Å²) >= 11 is 0. The van der Waals surface area contributed by atoms with Crippen LogP contribution < -0.4 is 5.32 Å². The van der Waals surface area contributed by atoms with Crippen LogP contribution in [0.15, 0.2) is 30.3 Å². The fraction of sp³-hybridized carbons (Fsp3) is 0.650. The van der Waals surface area contributed by atoms with Crippen LogP contribution in [-0.2, 0) is 4.79 Å². The topological polar surface area (TPSA) is 55.8 Å². The lowest BCUT2D eigenvalue weighted by atomic mass is 9.83. The predicted molar refractivity (Wildman–Crippen MR) is 97.8 cm³/mol. The molecule has 0 spiro atoms. The third-order valence-corrected chi connectivity index (χ3v) is 6.24. The van der Waals surface area contributed by atoms with Gasteiger partial charge >= 0.3 is 5.97 Å². The van der Waals surface area contributed by atoms with Crippen LogP contribution in [0.25, 0.3) is 0 Å². The standard InChI is InChI=1S/C20H29N3O2/c1-22-13-20(14-22,12-19(24)25)23-9-7-16(8-10-23)21-18-11-17(18)15-5-3-2-4-6-15/h2-6,16-18,21H,7-14H2,1H3,(H,24,25)/t17-,18+/m0/s1. The van der Waals surface area contributed by atoms with Crippen molar-refractivity contribution in [1.29, 1.82) is 0 Å². The van der Waals surface area contributed by atoms with E-state index in [-0.39, 0.29) is 12.0 Å². The second-order valence-corrected chi connectivity index (χ2v) is 8.25. The van der Waals surface area contributed by atoms with Crippen molar-refractivity contribution in [1.82, 2.24) is 15.1 Å². The van der Waals surface area contributed by atoms with Crippen LogP contribution in [0.3, 0.4) is 0 Å². The Bertz CT molecular complexity index is 607. The highest BCUT2D eigenvalue weighted by molar-refractivity contribution is 5.69. The molecule has 2 atom stereocenters. The highest BCUT2D eigenvalue weighted by atomic mass is 16.4. The van der Waals surface area contributed by atoms with Gasteiger partial charge in [0.1, 0.15) is 0 Å². The van der Waals surface area contributed by atoms with E-state index in [0.29, 0.717) is 18.0 Å². The number of benzene rings is 1. The van der Waals surface area contributed by atoms with Crippen molar-refractivity contribution in [3.63, 3.8) is 0 Å². The molecule has 0 bridgehead atoms. The van der Waals surface area contributed by atoms with Crippen LogP contribution in [0.2, 0.25) is 0 Å². The molecule has 0 radical (unpaired) electrons. The van der Waals surface area contributed by atoms with Crippen LogP contribution in [0.4, 0.5) is 0 Å². The molecule has 1 saturated carbocycles. The zero-order chi connectivity index (χ0) is 17.4. The molecule has 0 amide bonds. The van der Waals surface area contributed by atoms with Gasteiger partial charge in [-0.15, -0.1) is 0 Å². The summed E-state index contributed by atoms with van der Waals surface area (Å²) < 4.78 is 0. The van der Waals surface area contributed by atoms with Gasteiger partial charge < -0.3 is 15.3 Å². The number of rotatable bonds is 6. The first-order valence-corrected chi connectivity index (χ1v) is 9.52. The second kappa shape index (κ2) is 6.71. The Kier molecular flexibility index (Phi) is 4.56. The number of likely N-dealkylation sites (tertiary alicyclic amines) is 2. The van der Waals surface area contributed by atoms with Gasteiger partial charge in [0.25, 0.3) is 0 Å². The zero-order valence-electron chi connectivity index (χ0n) is 15.0. The largest absolute Gasteiger partial charge is 0.481 e. The molecule has 2 N–H and O–H groups in total. The zero-order valence-corrected chi connectivity index (χ0v) is 15.0. The minimum absolute atomic E-state index is 0.127. The highest BCUT2D eigenvalue weighted by Gasteiger charge is 2.48. The average molecular weight is 343 g/mol. The number of nitrogens with zero attached hydrogens (tertiary/aromatic N) is 2. The summed E-state index contributed by atoms with van der Waals surface area (Å²) in [6, 6.07) is 12.0. The molecule has 3 fully saturated rings. The third-order valence-electron chi connectivity index (χ3n) is 6.24. The Morgan fingerprint density at radius 1 is 1.24 bits per heavy atom. The maximum Gasteiger partial charge on any atom is 0.305 e. The molecule has 1 aromatic rings. The summed E-state index contributed by atoms with van der Waals surface area (Å²) in [5, 5.41) is 13.1. The number of hydrogen-bond acceptors (Lipinski definition) is 4. The summed E-state index contributed by atoms with van der Waals surface area (Å²) in [6.45, 7) is 3.80. The van der Waals surface area contributed by atoms with Gasteiger partial charge in [-0.2, -0.15) is 0 Å². The molecule has 3 aliphatic rings. The molecule has 0 unspecified atom stereocenters. The van der Waals surface area contributed by atoms with Crippen molar-refractivity contribution in [2.24, 2.45) is 0 Å². The summed E-state index contributed by atoms with van der Waals surface area (Å²) in [6.07, 6.45) is 3.78. The Labute approximate surface area is 150 Å². The molecule has 25 heavy (non-hydrogen) atoms. The van der Waals surface area contributed by atoms with Crippen molar-refractivity contribution < 1.29 is 9.90 Å². The SMILES string of the molecule is CN1CC(CC(=O)O)(N2CCC(N[C@@H]3C[C@H]3c3ccccc3)CC2)C1. The van der Waals surface area contributed by atoms with E-state index in [0.717, 1.165) is 39.0 Å². The quantitative estimate of drug-likeness (QED) is 0.824. The molecule has 5 nitrogen and oxygen atoms in total. The molecule has 5 heteroatoms. The van der Waals surface area contributed by atoms with Gasteiger partial charge in [-0.1, -0.05) is 30.3 Å². The number of hydrogen-bond donors (Lipinski definition) is 2. The maximum absolute atomic E-state index is 11.3. The van der Waals surface area contributed by atoms with Crippen molar-refractivity contribution in [2.45, 2.75) is 49.2 Å². The molecule has 2 saturated heterocycles. The van der Waals surface area contributed by atoms with Gasteiger partial charge in [-0.05, 0) is 31.9 Å². The van der Waals surface area contributed by atoms with E-state index >= 15 is 0 Å². The normalized spacial score (nSPS) is 30.0. The molecule has 1 aliphatic carbocycles. The van der Waals surface area contributed by atoms with Gasteiger partial charge in [-0.25, -0.2) is 0 Å². The van der Waals surface area contributed by atoms with Crippen molar-refractivity contribution in [3.8, 4) is 0 Å². The minimum atomic E-state index is -0.669. The summed E-state index contributed by atoms with van der Waals surface area (Å²) in [5.41, 5.74) is 1.33. The number of carbonyl (C=O) groups is 1. The molecule has 136 valence electrons. The lowest BCUT2D eigenvalue weighted by Crippen LogP contribution is -2.71. The lowest BCUT2D eigenvalue weighted by molar-refractivity contribution is -0.146. The number of carboxylic acids is 1. The van der Waals surface area contributed by atoms with Crippen LogP contribution in [-0.4, -0.2) is 71.7 Å². The Morgan fingerprint density at radius 3 is 2.52 bits per heavy atom. The number of aliphatic carboxylic acids is 1. The van der Waals surface area contributed by atoms with E-state index in [2.05, 4.69) is 52.5 Å². The number of nitrogens with one attached hydrogen (secondary N) is 1. The van der Waals surface area contributed by atoms with Crippen LogP contribution in [0.1, 0.15) is 37.2 Å². The van der Waals surface area contributed by atoms with Gasteiger partial charge in [0.15, 0.2) is 0 Å². The molecule has 0 aromatic heterocycles. The van der Waals surface area contributed by atoms with Crippen molar-refractivity contribution in [3.05, 3.63) is 35.9 Å². The molecule has 2 aliphatic heterocycles. The monoisotopic (exact) mass is 343 g/mol. The minimum Gasteiger partial charge on any atom is -0.481 e. The number of carboxylic acid groups (broad SMARTS) is 1. The molecule has 1 aromatic carbocycles. The molecule has 2 heterocycles. The van der Waals surface area contributed by atoms with Gasteiger partial charge in [0.2, 0.25) is 0 Å². The first kappa shape index (κ1) is 17.0. The number of piperidine rings is 1. The first-order chi connectivity index (χ1) is 12.1. The van der Waals surface area contributed by atoms with Crippen LogP contribution >= 0.6 is 0 Å². The molecular formula is C20H29N3O2. The highest BCUT2D eigenvalue weighted by Crippen LogP contribution is 2.41. The van der Waals surface area contributed by atoms with E-state index in [9.17, 15) is 9.90 Å². The van der Waals surface area contributed by atoms with Crippen LogP contribution in [0, 0.1) is 0 Å². The van der Waals surface area contributed by atoms with E-state index in [4.69, 9.17) is 0 Å². The van der Waals surface area contributed by atoms with E-state index in [1.54, 1.807) is 0 Å². The fourth-order valence-electron chi connectivity index (χ4n) is 4.93. The smallest absolute Gasteiger partial charge is 0.305 e. The lowest BCUT2D eigenvalue weighted by Gasteiger charge is -2.56. The Morgan fingerprint density at radius 2 is 1.92 bits per heavy atom. The van der Waals surface area contributed by atoms with Gasteiger partial charge in [0.05, 0.1) is 12.0 Å². The Balaban J connectivity index is 1.27. The summed E-state index contributed by atoms with van der Waals surface area (Å²) in [5.74, 6) is 0.00916. The second-order valence-electron chi connectivity index (χ2n) is 8.25. The fourth-order valence-corrected chi connectivity index (χ4v) is 4.93. The van der Waals surface area contributed by atoms with Gasteiger partial charge in [0, 0.05) is 44.2 Å². The Hall–Kier alpha value is -1.43. The third kappa shape index (κ3) is 3.59. The molecule has 4 rings (SSSR count). The van der Waals surface area contributed by atoms with E-state index in [1.807, 2.05) is 0 Å². The van der Waals surface area contributed by atoms with E-state index in [1.165, 1.54) is 12.0 Å². The first-order valence-electron chi connectivity index (χ1n) is 9.52. The number of likely N-dealkylation sites (N-methyl/N-ethyl adjacent to an activating group) is 1. The predicted octanol–water partition coefficient (Wildman–Crippen LogP) is 1.76. The van der Waals surface area contributed by atoms with E-state index < -0.39 is 5.97 Å². The summed E-state index contributed by atoms with van der Waals surface area (Å²) in [4.78, 5) is 16.0. The molecular weight excluding hydrogens is 314 g/mol. The summed E-state index contributed by atoms with van der Waals surface area (Å²) in [7, 11) is 2.07. The van der Waals surface area contributed by atoms with Gasteiger partial charge in [-0.3, -0.25) is 9.69 Å². The van der Waals surface area contributed by atoms with Crippen LogP contribution in [0.5, 0.6) is 0 Å². The maximum atomic E-state index is 11.3. The van der Waals surface area contributed by atoms with Crippen molar-refractivity contribution in [2.75, 3.05) is 33.2 Å². The average Bonchev–Trinajstić information content (AvgIpc) is 3.33. The van der Waals surface area contributed by atoms with Crippen molar-refractivity contribution >= 4 is 5.97 Å².